The molecule has 0 bridgehead atoms. The summed E-state index contributed by atoms with van der Waals surface area (Å²) < 4.78 is 22.8. The minimum atomic E-state index is -1.53. The normalized spacial score (nSPS) is 13.8. The SMILES string of the molecule is CC/C=C\C/C=C\C/C=C\C/C=C\C/C=C\C/C=C\C/C=C\CCCCCCCCCCCC(=O)OC(COC(=O)CCCCCC/C=C\C/C=C\C/C=C\C/C=C\CC)COC(OCC[N+](C)(C)C)C(=O)O. The molecule has 0 saturated carbocycles. The fourth-order valence-electron chi connectivity index (χ4n) is 7.10. The number of quaternary nitrogens is 1. The smallest absolute Gasteiger partial charge is 0.361 e. The maximum Gasteiger partial charge on any atom is 0.361 e. The van der Waals surface area contributed by atoms with E-state index >= 15 is 0 Å². The van der Waals surface area contributed by atoms with Crippen LogP contribution in [0.4, 0.5) is 0 Å². The highest BCUT2D eigenvalue weighted by atomic mass is 16.7. The van der Waals surface area contributed by atoms with Crippen molar-refractivity contribution in [3.8, 4) is 0 Å². The number of carbonyl (C=O) groups excluding carboxylic acids is 2. The molecule has 9 nitrogen and oxygen atoms in total. The molecular formula is C64H104NO8+. The third kappa shape index (κ3) is 55.0. The Hall–Kier alpha value is -4.57. The minimum absolute atomic E-state index is 0.174. The van der Waals surface area contributed by atoms with Crippen molar-refractivity contribution in [2.45, 2.75) is 206 Å². The second kappa shape index (κ2) is 53.7. The Kier molecular flexibility index (Phi) is 50.4. The summed E-state index contributed by atoms with van der Waals surface area (Å²) in [7, 11) is 5.94. The molecule has 0 aliphatic heterocycles. The van der Waals surface area contributed by atoms with Crippen molar-refractivity contribution in [3.05, 3.63) is 134 Å². The number of ether oxygens (including phenoxy) is 4. The molecule has 412 valence electrons. The fraction of sp³-hybridized carbons (Fsp3) is 0.609. The lowest BCUT2D eigenvalue weighted by molar-refractivity contribution is -0.870. The van der Waals surface area contributed by atoms with Crippen molar-refractivity contribution in [2.24, 2.45) is 0 Å². The zero-order valence-electron chi connectivity index (χ0n) is 46.7. The first-order valence-corrected chi connectivity index (χ1v) is 28.3. The molecule has 0 radical (unpaired) electrons. The van der Waals surface area contributed by atoms with Gasteiger partial charge in [-0.05, 0) is 109 Å². The maximum absolute atomic E-state index is 12.9. The van der Waals surface area contributed by atoms with Crippen LogP contribution in [-0.2, 0) is 33.3 Å². The van der Waals surface area contributed by atoms with E-state index in [2.05, 4.69) is 148 Å². The van der Waals surface area contributed by atoms with Gasteiger partial charge in [-0.3, -0.25) is 9.59 Å². The van der Waals surface area contributed by atoms with Gasteiger partial charge in [0.15, 0.2) is 6.10 Å². The highest BCUT2D eigenvalue weighted by Crippen LogP contribution is 2.14. The minimum Gasteiger partial charge on any atom is -0.477 e. The first-order chi connectivity index (χ1) is 35.6. The largest absolute Gasteiger partial charge is 0.477 e. The standard InChI is InChI=1S/C64H103NO8/c1-6-8-10-12-14-16-18-20-22-24-25-26-27-28-29-30-31-32-33-34-35-36-37-39-41-43-45-47-49-51-53-55-62(67)73-60(59-72-64(63(68)69)70-57-56-65(3,4)5)58-71-61(66)54-52-50-48-46-44-42-40-38-23-21-19-17-15-13-11-9-7-2/h8-11,14-17,20-23,25-26,28-29,31-32,34-35,40,42,60,64H,6-7,12-13,18-19,24,27,30,33,36-39,41,43-59H2,1-5H3/p+1/b10-8-,11-9-,16-14-,17-15-,22-20-,23-21-,26-25-,29-28-,32-31-,35-34-,42-40-. The van der Waals surface area contributed by atoms with Gasteiger partial charge in [-0.2, -0.15) is 0 Å². The molecule has 0 heterocycles. The quantitative estimate of drug-likeness (QED) is 0.0211. The summed E-state index contributed by atoms with van der Waals surface area (Å²) in [6.07, 6.45) is 73.8. The molecular weight excluding hydrogens is 911 g/mol. The van der Waals surface area contributed by atoms with Crippen LogP contribution >= 0.6 is 0 Å². The van der Waals surface area contributed by atoms with Gasteiger partial charge in [0.2, 0.25) is 0 Å². The number of carbonyl (C=O) groups is 3. The summed E-state index contributed by atoms with van der Waals surface area (Å²) in [6.45, 7) is 4.59. The number of carboxylic acids is 1. The van der Waals surface area contributed by atoms with Gasteiger partial charge in [0.25, 0.3) is 6.29 Å². The van der Waals surface area contributed by atoms with Crippen LogP contribution in [0.3, 0.4) is 0 Å². The van der Waals surface area contributed by atoms with Gasteiger partial charge in [0.1, 0.15) is 13.2 Å². The lowest BCUT2D eigenvalue weighted by Gasteiger charge is -2.25. The van der Waals surface area contributed by atoms with Crippen LogP contribution < -0.4 is 0 Å². The van der Waals surface area contributed by atoms with E-state index < -0.39 is 24.3 Å². The highest BCUT2D eigenvalue weighted by Gasteiger charge is 2.25. The second-order valence-corrected chi connectivity index (χ2v) is 19.5. The molecule has 1 N–H and O–H groups in total. The topological polar surface area (TPSA) is 108 Å². The van der Waals surface area contributed by atoms with Crippen molar-refractivity contribution in [3.63, 3.8) is 0 Å². The molecule has 73 heavy (non-hydrogen) atoms. The summed E-state index contributed by atoms with van der Waals surface area (Å²) >= 11 is 0. The van der Waals surface area contributed by atoms with Crippen LogP contribution in [-0.4, -0.2) is 87.4 Å². The maximum atomic E-state index is 12.9. The molecule has 0 spiro atoms. The van der Waals surface area contributed by atoms with E-state index in [1.807, 2.05) is 21.1 Å². The predicted octanol–water partition coefficient (Wildman–Crippen LogP) is 16.7. The zero-order valence-corrected chi connectivity index (χ0v) is 46.7. The van der Waals surface area contributed by atoms with E-state index in [1.165, 1.54) is 32.1 Å². The van der Waals surface area contributed by atoms with Crippen molar-refractivity contribution in [2.75, 3.05) is 47.5 Å². The van der Waals surface area contributed by atoms with Crippen LogP contribution in [0.25, 0.3) is 0 Å². The number of rotatable bonds is 50. The summed E-state index contributed by atoms with van der Waals surface area (Å²) in [5, 5.41) is 9.69. The van der Waals surface area contributed by atoms with Gasteiger partial charge < -0.3 is 28.5 Å². The molecule has 0 aromatic carbocycles. The fourth-order valence-corrected chi connectivity index (χ4v) is 7.10. The predicted molar refractivity (Wildman–Crippen MR) is 308 cm³/mol. The molecule has 0 aliphatic rings. The number of allylic oxidation sites excluding steroid dienone is 22. The molecule has 0 aromatic rings. The average Bonchev–Trinajstić information content (AvgIpc) is 3.36. The van der Waals surface area contributed by atoms with Crippen LogP contribution in [0.15, 0.2) is 134 Å². The highest BCUT2D eigenvalue weighted by molar-refractivity contribution is 5.71. The lowest BCUT2D eigenvalue weighted by atomic mass is 10.1. The molecule has 2 atom stereocenters. The molecule has 0 rings (SSSR count). The van der Waals surface area contributed by atoms with Crippen molar-refractivity contribution < 1.29 is 42.9 Å². The Morgan fingerprint density at radius 2 is 0.740 bits per heavy atom. The van der Waals surface area contributed by atoms with E-state index in [0.29, 0.717) is 23.9 Å². The molecule has 0 amide bonds. The number of unbranched alkanes of at least 4 members (excludes halogenated alkanes) is 13. The third-order valence-corrected chi connectivity index (χ3v) is 11.4. The summed E-state index contributed by atoms with van der Waals surface area (Å²) in [5.74, 6) is -2.06. The van der Waals surface area contributed by atoms with E-state index in [0.717, 1.165) is 122 Å². The number of hydrogen-bond acceptors (Lipinski definition) is 7. The number of carboxylic acid groups (broad SMARTS) is 1. The van der Waals surface area contributed by atoms with Crippen LogP contribution in [0.5, 0.6) is 0 Å². The third-order valence-electron chi connectivity index (χ3n) is 11.4. The number of esters is 2. The number of likely N-dealkylation sites (N-methyl/N-ethyl adjacent to an activating group) is 1. The molecule has 9 heteroatoms. The van der Waals surface area contributed by atoms with E-state index in [9.17, 15) is 19.5 Å². The average molecular weight is 1020 g/mol. The van der Waals surface area contributed by atoms with E-state index in [-0.39, 0.29) is 38.6 Å². The molecule has 0 aromatic heterocycles. The van der Waals surface area contributed by atoms with Gasteiger partial charge in [0, 0.05) is 12.8 Å². The lowest BCUT2D eigenvalue weighted by Crippen LogP contribution is -2.40. The number of nitrogens with zero attached hydrogens (tertiary/aromatic N) is 1. The van der Waals surface area contributed by atoms with Gasteiger partial charge in [-0.15, -0.1) is 0 Å². The molecule has 2 unspecified atom stereocenters. The van der Waals surface area contributed by atoms with Gasteiger partial charge in [0.05, 0.1) is 34.4 Å². The first kappa shape index (κ1) is 68.4. The monoisotopic (exact) mass is 1010 g/mol. The van der Waals surface area contributed by atoms with Gasteiger partial charge in [-0.25, -0.2) is 4.79 Å². The Morgan fingerprint density at radius 1 is 0.411 bits per heavy atom. The Labute approximate surface area is 446 Å². The number of hydrogen-bond donors (Lipinski definition) is 1. The van der Waals surface area contributed by atoms with Crippen LogP contribution in [0.2, 0.25) is 0 Å². The van der Waals surface area contributed by atoms with Gasteiger partial charge >= 0.3 is 17.9 Å². The van der Waals surface area contributed by atoms with Crippen LogP contribution in [0.1, 0.15) is 194 Å². The first-order valence-electron chi connectivity index (χ1n) is 28.3. The van der Waals surface area contributed by atoms with Crippen LogP contribution in [0, 0.1) is 0 Å². The number of aliphatic carboxylic acids is 1. The molecule has 0 aliphatic carbocycles. The summed E-state index contributed by atoms with van der Waals surface area (Å²) in [6, 6.07) is 0. The molecule has 0 fully saturated rings. The Balaban J connectivity index is 4.31. The van der Waals surface area contributed by atoms with Crippen molar-refractivity contribution in [1.29, 1.82) is 0 Å². The summed E-state index contributed by atoms with van der Waals surface area (Å²) in [5.41, 5.74) is 0. The summed E-state index contributed by atoms with van der Waals surface area (Å²) in [4.78, 5) is 37.4. The van der Waals surface area contributed by atoms with Crippen molar-refractivity contribution >= 4 is 17.9 Å². The second-order valence-electron chi connectivity index (χ2n) is 19.5. The van der Waals surface area contributed by atoms with Gasteiger partial charge in [-0.1, -0.05) is 205 Å². The Morgan fingerprint density at radius 3 is 1.10 bits per heavy atom. The zero-order chi connectivity index (χ0) is 53.4. The van der Waals surface area contributed by atoms with E-state index in [4.69, 9.17) is 18.9 Å². The van der Waals surface area contributed by atoms with E-state index in [1.54, 1.807) is 0 Å². The Bertz CT molecular complexity index is 1650. The molecule has 0 saturated heterocycles. The van der Waals surface area contributed by atoms with Crippen molar-refractivity contribution in [1.82, 2.24) is 0 Å².